The third-order valence-electron chi connectivity index (χ3n) is 4.96. The fraction of sp³-hybridized carbons (Fsp3) is 0.400. The molecule has 8 heteroatoms. The predicted octanol–water partition coefficient (Wildman–Crippen LogP) is 6.49. The Morgan fingerprint density at radius 3 is 2.89 bits per heavy atom. The van der Waals surface area contributed by atoms with E-state index in [1.165, 1.54) is 0 Å². The van der Waals surface area contributed by atoms with Gasteiger partial charge in [0.05, 0.1) is 21.3 Å². The number of aryl methyl sites for hydroxylation is 1. The van der Waals surface area contributed by atoms with Crippen molar-refractivity contribution >= 4 is 56.7 Å². The molecule has 3 aromatic rings. The second-order valence-electron chi connectivity index (χ2n) is 6.91. The standard InChI is InChI=1S/C20H20Cl2IN3O2/c1-11-19(22)18(15(21)10-24-11)12(2)28-13-6-7-14-16(9-13)26(25-20(14)23)17-5-3-4-8-27-17/h6-7,9-10,12,17H,3-5,8H2,1-2H3/t12-,17?/m1/s1. The van der Waals surface area contributed by atoms with Gasteiger partial charge in [-0.1, -0.05) is 23.2 Å². The number of pyridine rings is 1. The maximum absolute atomic E-state index is 6.43. The van der Waals surface area contributed by atoms with E-state index in [0.29, 0.717) is 10.0 Å². The number of hydrogen-bond donors (Lipinski definition) is 0. The van der Waals surface area contributed by atoms with Gasteiger partial charge in [0.1, 0.15) is 15.6 Å². The van der Waals surface area contributed by atoms with Crippen LogP contribution in [0.25, 0.3) is 10.9 Å². The monoisotopic (exact) mass is 531 g/mol. The zero-order valence-corrected chi connectivity index (χ0v) is 19.3. The molecule has 5 nitrogen and oxygen atoms in total. The summed E-state index contributed by atoms with van der Waals surface area (Å²) in [5, 5.41) is 6.83. The lowest BCUT2D eigenvalue weighted by atomic mass is 10.1. The van der Waals surface area contributed by atoms with E-state index in [1.807, 2.05) is 36.7 Å². The molecule has 0 N–H and O–H groups in total. The Bertz CT molecular complexity index is 1020. The lowest BCUT2D eigenvalue weighted by molar-refractivity contribution is -0.0368. The SMILES string of the molecule is Cc1ncc(Cl)c([C@@H](C)Oc2ccc3c(I)nn(C4CCCCO4)c3c2)c1Cl. The smallest absolute Gasteiger partial charge is 0.150 e. The summed E-state index contributed by atoms with van der Waals surface area (Å²) in [6.07, 6.45) is 4.48. The van der Waals surface area contributed by atoms with Gasteiger partial charge in [-0.05, 0) is 67.8 Å². The summed E-state index contributed by atoms with van der Waals surface area (Å²) >= 11 is 15.0. The summed E-state index contributed by atoms with van der Waals surface area (Å²) in [4.78, 5) is 4.19. The van der Waals surface area contributed by atoms with Crippen LogP contribution in [0.1, 0.15) is 49.8 Å². The van der Waals surface area contributed by atoms with Crippen LogP contribution < -0.4 is 4.74 Å². The van der Waals surface area contributed by atoms with Crippen LogP contribution >= 0.6 is 45.8 Å². The van der Waals surface area contributed by atoms with E-state index in [0.717, 1.165) is 57.5 Å². The second-order valence-corrected chi connectivity index (χ2v) is 8.72. The first-order valence-corrected chi connectivity index (χ1v) is 11.1. The van der Waals surface area contributed by atoms with Gasteiger partial charge in [0, 0.05) is 29.8 Å². The number of hydrogen-bond acceptors (Lipinski definition) is 4. The molecular weight excluding hydrogens is 512 g/mol. The Balaban J connectivity index is 1.67. The van der Waals surface area contributed by atoms with E-state index in [4.69, 9.17) is 37.8 Å². The number of aromatic nitrogens is 3. The minimum atomic E-state index is -0.319. The molecule has 3 heterocycles. The lowest BCUT2D eigenvalue weighted by Crippen LogP contribution is -2.19. The minimum absolute atomic E-state index is 0.0285. The first-order valence-electron chi connectivity index (χ1n) is 9.22. The number of nitrogens with zero attached hydrogens (tertiary/aromatic N) is 3. The van der Waals surface area contributed by atoms with Gasteiger partial charge in [-0.15, -0.1) is 0 Å². The molecule has 1 saturated heterocycles. The molecule has 1 aromatic carbocycles. The Labute approximate surface area is 187 Å². The Hall–Kier alpha value is -1.09. The summed E-state index contributed by atoms with van der Waals surface area (Å²) < 4.78 is 15.1. The number of rotatable bonds is 4. The summed E-state index contributed by atoms with van der Waals surface area (Å²) in [7, 11) is 0. The molecule has 0 amide bonds. The van der Waals surface area contributed by atoms with Crippen LogP contribution in [0.2, 0.25) is 10.0 Å². The molecule has 0 saturated carbocycles. The number of benzene rings is 1. The fourth-order valence-corrected chi connectivity index (χ4v) is 4.84. The summed E-state index contributed by atoms with van der Waals surface area (Å²) in [5.41, 5.74) is 2.48. The maximum atomic E-state index is 6.43. The van der Waals surface area contributed by atoms with Crippen molar-refractivity contribution in [2.45, 2.75) is 45.4 Å². The maximum Gasteiger partial charge on any atom is 0.150 e. The molecule has 2 aromatic heterocycles. The van der Waals surface area contributed by atoms with Crippen molar-refractivity contribution in [1.29, 1.82) is 0 Å². The fourth-order valence-electron chi connectivity index (χ4n) is 3.50. The van der Waals surface area contributed by atoms with Gasteiger partial charge in [-0.3, -0.25) is 4.98 Å². The van der Waals surface area contributed by atoms with Crippen LogP contribution in [0.4, 0.5) is 0 Å². The molecule has 0 spiro atoms. The molecule has 28 heavy (non-hydrogen) atoms. The molecule has 0 radical (unpaired) electrons. The van der Waals surface area contributed by atoms with Crippen molar-refractivity contribution in [3.63, 3.8) is 0 Å². The van der Waals surface area contributed by atoms with Crippen LogP contribution in [-0.2, 0) is 4.74 Å². The number of ether oxygens (including phenoxy) is 2. The van der Waals surface area contributed by atoms with Gasteiger partial charge >= 0.3 is 0 Å². The van der Waals surface area contributed by atoms with Crippen LogP contribution in [0, 0.1) is 10.6 Å². The van der Waals surface area contributed by atoms with E-state index in [1.54, 1.807) is 6.20 Å². The van der Waals surface area contributed by atoms with E-state index >= 15 is 0 Å². The second kappa shape index (κ2) is 8.34. The summed E-state index contributed by atoms with van der Waals surface area (Å²) in [6, 6.07) is 5.99. The van der Waals surface area contributed by atoms with Crippen LogP contribution in [-0.4, -0.2) is 21.4 Å². The number of halogens is 3. The topological polar surface area (TPSA) is 49.2 Å². The van der Waals surface area contributed by atoms with Crippen molar-refractivity contribution in [1.82, 2.24) is 14.8 Å². The molecule has 1 fully saturated rings. The zero-order valence-electron chi connectivity index (χ0n) is 15.6. The van der Waals surface area contributed by atoms with Crippen molar-refractivity contribution in [3.05, 3.63) is 49.4 Å². The third kappa shape index (κ3) is 3.84. The highest BCUT2D eigenvalue weighted by molar-refractivity contribution is 14.1. The minimum Gasteiger partial charge on any atom is -0.486 e. The first kappa shape index (κ1) is 20.2. The van der Waals surface area contributed by atoms with Crippen molar-refractivity contribution in [2.24, 2.45) is 0 Å². The number of fused-ring (bicyclic) bond motifs is 1. The first-order chi connectivity index (χ1) is 13.5. The molecule has 1 aliphatic rings. The van der Waals surface area contributed by atoms with Gasteiger partial charge in [0.15, 0.2) is 6.23 Å². The Morgan fingerprint density at radius 1 is 1.32 bits per heavy atom. The quantitative estimate of drug-likeness (QED) is 0.361. The molecule has 1 unspecified atom stereocenters. The highest BCUT2D eigenvalue weighted by atomic mass is 127. The predicted molar refractivity (Wildman–Crippen MR) is 119 cm³/mol. The van der Waals surface area contributed by atoms with Gasteiger partial charge in [0.2, 0.25) is 0 Å². The largest absolute Gasteiger partial charge is 0.486 e. The van der Waals surface area contributed by atoms with E-state index in [9.17, 15) is 0 Å². The zero-order chi connectivity index (χ0) is 19.8. The Morgan fingerprint density at radius 2 is 2.14 bits per heavy atom. The molecule has 4 rings (SSSR count). The normalized spacial score (nSPS) is 18.4. The highest BCUT2D eigenvalue weighted by Gasteiger charge is 2.22. The average molecular weight is 532 g/mol. The summed E-state index contributed by atoms with van der Waals surface area (Å²) in [6.45, 7) is 4.56. The Kier molecular flexibility index (Phi) is 6.01. The third-order valence-corrected chi connectivity index (χ3v) is 6.54. The molecule has 2 atom stereocenters. The molecule has 148 valence electrons. The van der Waals surface area contributed by atoms with Crippen LogP contribution in [0.3, 0.4) is 0 Å². The van der Waals surface area contributed by atoms with Gasteiger partial charge < -0.3 is 9.47 Å². The van der Waals surface area contributed by atoms with Crippen molar-refractivity contribution < 1.29 is 9.47 Å². The van der Waals surface area contributed by atoms with Gasteiger partial charge in [-0.25, -0.2) is 4.68 Å². The average Bonchev–Trinajstić information content (AvgIpc) is 3.02. The van der Waals surface area contributed by atoms with E-state index < -0.39 is 0 Å². The lowest BCUT2D eigenvalue weighted by Gasteiger charge is -2.23. The van der Waals surface area contributed by atoms with Crippen LogP contribution in [0.15, 0.2) is 24.4 Å². The van der Waals surface area contributed by atoms with Gasteiger partial charge in [-0.2, -0.15) is 5.10 Å². The molecular formula is C20H20Cl2IN3O2. The van der Waals surface area contributed by atoms with Crippen molar-refractivity contribution in [3.8, 4) is 5.75 Å². The molecule has 0 aliphatic carbocycles. The van der Waals surface area contributed by atoms with E-state index in [2.05, 4.69) is 27.6 Å². The van der Waals surface area contributed by atoms with Gasteiger partial charge in [0.25, 0.3) is 0 Å². The molecule has 1 aliphatic heterocycles. The molecule has 0 bridgehead atoms. The highest BCUT2D eigenvalue weighted by Crippen LogP contribution is 2.36. The van der Waals surface area contributed by atoms with E-state index in [-0.39, 0.29) is 12.3 Å². The van der Waals surface area contributed by atoms with Crippen LogP contribution in [0.5, 0.6) is 5.75 Å². The van der Waals surface area contributed by atoms with Crippen molar-refractivity contribution in [2.75, 3.05) is 6.61 Å². The summed E-state index contributed by atoms with van der Waals surface area (Å²) in [5.74, 6) is 0.731.